The molecule has 4 saturated carbocycles. The molecule has 11 atom stereocenters. The molecular weight excluding hydrogens is 564 g/mol. The summed E-state index contributed by atoms with van der Waals surface area (Å²) in [6, 6.07) is 6.62. The lowest BCUT2D eigenvalue weighted by Crippen LogP contribution is -2.67. The van der Waals surface area contributed by atoms with E-state index in [9.17, 15) is 24.9 Å². The first kappa shape index (κ1) is 32.3. The first-order valence-corrected chi connectivity index (χ1v) is 17.3. The fourth-order valence-electron chi connectivity index (χ4n) is 12.0. The molecule has 45 heavy (non-hydrogen) atoms. The molecule has 0 spiro atoms. The summed E-state index contributed by atoms with van der Waals surface area (Å²) < 4.78 is 6.07. The number of aliphatic hydroxyl groups is 1. The lowest BCUT2D eigenvalue weighted by Gasteiger charge is -2.71. The molecule has 3 N–H and O–H groups in total. The average molecular weight is 619 g/mol. The van der Waals surface area contributed by atoms with E-state index < -0.39 is 35.0 Å². The molecule has 246 valence electrons. The number of carbonyl (C=O) groups is 2. The van der Waals surface area contributed by atoms with E-state index in [0.717, 1.165) is 50.5 Å². The molecule has 0 bridgehead atoms. The number of rotatable bonds is 4. The maximum Gasteiger partial charge on any atom is 0.331 e. The van der Waals surface area contributed by atoms with Crippen molar-refractivity contribution in [3.8, 4) is 5.75 Å². The van der Waals surface area contributed by atoms with Crippen molar-refractivity contribution in [3.63, 3.8) is 0 Å². The summed E-state index contributed by atoms with van der Waals surface area (Å²) in [6.07, 6.45) is 11.1. The summed E-state index contributed by atoms with van der Waals surface area (Å²) in [6.45, 7) is 16.2. The molecule has 1 aromatic rings. The largest absolute Gasteiger partial charge is 0.508 e. The number of aliphatic carboxylic acids is 1. The van der Waals surface area contributed by atoms with Gasteiger partial charge in [-0.1, -0.05) is 72.2 Å². The molecule has 0 amide bonds. The molecule has 0 aliphatic heterocycles. The normalized spacial score (nSPS) is 45.3. The Bertz CT molecular complexity index is 1410. The van der Waals surface area contributed by atoms with Gasteiger partial charge in [0.05, 0.1) is 11.5 Å². The summed E-state index contributed by atoms with van der Waals surface area (Å²) in [5, 5.41) is 31.9. The average Bonchev–Trinajstić information content (AvgIpc) is 2.97. The SMILES string of the molecule is C[C@H]1[C@H](C)CC[C@]2(C(=O)O)CC[C@]3(C)C(=CC[C@@H]4[C@@]5(C)C[C@@H](OC(=O)C=Cc6ccc(O)cc6)[C@H](O)C(C)(C)[C@H]5CC[C@]43C)[C@H]12. The van der Waals surface area contributed by atoms with Crippen LogP contribution in [0.2, 0.25) is 0 Å². The first-order chi connectivity index (χ1) is 21.0. The number of benzene rings is 1. The van der Waals surface area contributed by atoms with Crippen LogP contribution in [0.15, 0.2) is 42.0 Å². The van der Waals surface area contributed by atoms with E-state index in [1.54, 1.807) is 30.3 Å². The lowest BCUT2D eigenvalue weighted by molar-refractivity contribution is -0.237. The first-order valence-electron chi connectivity index (χ1n) is 17.3. The molecule has 0 heterocycles. The molecule has 6 nitrogen and oxygen atoms in total. The number of fused-ring (bicyclic) bond motifs is 7. The van der Waals surface area contributed by atoms with E-state index in [-0.39, 0.29) is 33.8 Å². The number of carboxylic acid groups (broad SMARTS) is 1. The summed E-state index contributed by atoms with van der Waals surface area (Å²) in [5.74, 6) is 0.586. The van der Waals surface area contributed by atoms with E-state index in [1.807, 2.05) is 0 Å². The minimum atomic E-state index is -0.772. The van der Waals surface area contributed by atoms with Crippen LogP contribution in [0.25, 0.3) is 6.08 Å². The fourth-order valence-corrected chi connectivity index (χ4v) is 12.0. The third kappa shape index (κ3) is 4.58. The van der Waals surface area contributed by atoms with Crippen molar-refractivity contribution < 1.29 is 29.6 Å². The molecule has 5 aliphatic carbocycles. The highest BCUT2D eigenvalue weighted by atomic mass is 16.6. The predicted molar refractivity (Wildman–Crippen MR) is 175 cm³/mol. The van der Waals surface area contributed by atoms with Gasteiger partial charge in [0.25, 0.3) is 0 Å². The van der Waals surface area contributed by atoms with Gasteiger partial charge in [0.1, 0.15) is 11.9 Å². The zero-order chi connectivity index (χ0) is 32.7. The Morgan fingerprint density at radius 3 is 2.29 bits per heavy atom. The number of aromatic hydroxyl groups is 1. The number of aliphatic hydroxyl groups excluding tert-OH is 1. The van der Waals surface area contributed by atoms with Crippen LogP contribution in [0.4, 0.5) is 0 Å². The van der Waals surface area contributed by atoms with Gasteiger partial charge in [-0.3, -0.25) is 4.79 Å². The van der Waals surface area contributed by atoms with Crippen molar-refractivity contribution in [2.45, 2.75) is 112 Å². The van der Waals surface area contributed by atoms with Crippen molar-refractivity contribution in [1.29, 1.82) is 0 Å². The van der Waals surface area contributed by atoms with Crippen LogP contribution in [0.3, 0.4) is 0 Å². The van der Waals surface area contributed by atoms with Crippen molar-refractivity contribution in [2.75, 3.05) is 0 Å². The molecule has 5 aliphatic rings. The van der Waals surface area contributed by atoms with Gasteiger partial charge in [-0.25, -0.2) is 4.79 Å². The summed E-state index contributed by atoms with van der Waals surface area (Å²) in [7, 11) is 0. The monoisotopic (exact) mass is 618 g/mol. The maximum absolute atomic E-state index is 13.1. The van der Waals surface area contributed by atoms with Crippen LogP contribution in [0.1, 0.15) is 105 Å². The predicted octanol–water partition coefficient (Wildman–Crippen LogP) is 8.03. The number of carbonyl (C=O) groups excluding carboxylic acids is 1. The number of phenolic OH excluding ortho intramolecular Hbond substituents is 1. The van der Waals surface area contributed by atoms with Gasteiger partial charge in [0.15, 0.2) is 0 Å². The van der Waals surface area contributed by atoms with Crippen LogP contribution >= 0.6 is 0 Å². The highest BCUT2D eigenvalue weighted by molar-refractivity contribution is 5.87. The highest BCUT2D eigenvalue weighted by Gasteiger charge is 2.70. The zero-order valence-electron chi connectivity index (χ0n) is 28.3. The smallest absolute Gasteiger partial charge is 0.331 e. The molecule has 1 aromatic carbocycles. The third-order valence-electron chi connectivity index (χ3n) is 14.9. The standard InChI is InChI=1S/C39H54O6/c1-23-16-19-39(34(43)44)21-20-37(6)27(32(39)24(23)2)13-14-30-36(5)22-28(33(42)35(3,4)29(36)17-18-38(30,37)7)45-31(41)15-10-25-8-11-26(40)12-9-25/h8-13,15,23-24,28-30,32-33,40,42H,14,16-22H2,1-7H3,(H,43,44)/t23-,24+,28-,29-,30-,32+,33+,36+,37-,38-,39+/m1/s1. The van der Waals surface area contributed by atoms with Crippen LogP contribution in [-0.2, 0) is 14.3 Å². The molecular formula is C39H54O6. The Morgan fingerprint density at radius 2 is 1.62 bits per heavy atom. The van der Waals surface area contributed by atoms with Crippen molar-refractivity contribution >= 4 is 18.0 Å². The zero-order valence-corrected chi connectivity index (χ0v) is 28.3. The van der Waals surface area contributed by atoms with E-state index >= 15 is 0 Å². The number of hydrogen-bond donors (Lipinski definition) is 3. The van der Waals surface area contributed by atoms with E-state index in [2.05, 4.69) is 54.5 Å². The summed E-state index contributed by atoms with van der Waals surface area (Å²) in [4.78, 5) is 26.1. The molecule has 0 saturated heterocycles. The van der Waals surface area contributed by atoms with Crippen LogP contribution in [-0.4, -0.2) is 39.5 Å². The van der Waals surface area contributed by atoms with Crippen molar-refractivity contribution in [1.82, 2.24) is 0 Å². The Labute approximate surface area is 269 Å². The molecule has 0 radical (unpaired) electrons. The van der Waals surface area contributed by atoms with Gasteiger partial charge in [0, 0.05) is 6.08 Å². The van der Waals surface area contributed by atoms with Crippen LogP contribution in [0.5, 0.6) is 5.75 Å². The van der Waals surface area contributed by atoms with Crippen molar-refractivity contribution in [3.05, 3.63) is 47.6 Å². The Hall–Kier alpha value is -2.60. The molecule has 0 aromatic heterocycles. The maximum atomic E-state index is 13.1. The lowest BCUT2D eigenvalue weighted by atomic mass is 9.33. The summed E-state index contributed by atoms with van der Waals surface area (Å²) in [5.41, 5.74) is 0.794. The Balaban J connectivity index is 1.33. The van der Waals surface area contributed by atoms with Gasteiger partial charge in [0.2, 0.25) is 0 Å². The Kier molecular flexibility index (Phi) is 7.70. The summed E-state index contributed by atoms with van der Waals surface area (Å²) >= 11 is 0. The second-order valence-electron chi connectivity index (χ2n) is 17.0. The molecule has 0 unspecified atom stereocenters. The number of allylic oxidation sites excluding steroid dienone is 2. The molecule has 4 fully saturated rings. The number of phenols is 1. The van der Waals surface area contributed by atoms with Crippen LogP contribution in [0, 0.1) is 56.7 Å². The van der Waals surface area contributed by atoms with E-state index in [0.29, 0.717) is 24.2 Å². The minimum Gasteiger partial charge on any atom is -0.508 e. The van der Waals surface area contributed by atoms with Gasteiger partial charge >= 0.3 is 11.9 Å². The highest BCUT2D eigenvalue weighted by Crippen LogP contribution is 2.75. The Morgan fingerprint density at radius 1 is 0.933 bits per heavy atom. The van der Waals surface area contributed by atoms with Gasteiger partial charge in [-0.15, -0.1) is 0 Å². The third-order valence-corrected chi connectivity index (χ3v) is 14.9. The molecule has 6 heteroatoms. The number of carboxylic acids is 1. The number of hydrogen-bond acceptors (Lipinski definition) is 5. The molecule has 6 rings (SSSR count). The van der Waals surface area contributed by atoms with Crippen molar-refractivity contribution in [2.24, 2.45) is 56.7 Å². The topological polar surface area (TPSA) is 104 Å². The van der Waals surface area contributed by atoms with Crippen LogP contribution < -0.4 is 0 Å². The quantitative estimate of drug-likeness (QED) is 0.179. The number of ether oxygens (including phenoxy) is 1. The second kappa shape index (κ2) is 10.7. The van der Waals surface area contributed by atoms with E-state index in [1.165, 1.54) is 11.6 Å². The van der Waals surface area contributed by atoms with Gasteiger partial charge in [-0.05, 0) is 126 Å². The number of esters is 1. The van der Waals surface area contributed by atoms with Gasteiger partial charge < -0.3 is 20.1 Å². The van der Waals surface area contributed by atoms with Gasteiger partial charge in [-0.2, -0.15) is 0 Å². The minimum absolute atomic E-state index is 0.0287. The fraction of sp³-hybridized carbons (Fsp3) is 0.692. The second-order valence-corrected chi connectivity index (χ2v) is 17.0. The van der Waals surface area contributed by atoms with E-state index in [4.69, 9.17) is 4.74 Å².